The van der Waals surface area contributed by atoms with Crippen molar-refractivity contribution in [1.29, 1.82) is 0 Å². The van der Waals surface area contributed by atoms with Gasteiger partial charge >= 0.3 is 5.97 Å². The molecule has 12 heteroatoms. The zero-order valence-corrected chi connectivity index (χ0v) is 18.7. The molecule has 0 bridgehead atoms. The van der Waals surface area contributed by atoms with Crippen LogP contribution in [0.15, 0.2) is 30.3 Å². The number of primary amides is 1. The first-order valence-corrected chi connectivity index (χ1v) is 11.0. The van der Waals surface area contributed by atoms with Gasteiger partial charge in [-0.1, -0.05) is 30.3 Å². The summed E-state index contributed by atoms with van der Waals surface area (Å²) in [5.74, 6) is -3.98. The van der Waals surface area contributed by atoms with E-state index in [1.165, 1.54) is 4.90 Å². The maximum absolute atomic E-state index is 12.9. The van der Waals surface area contributed by atoms with Gasteiger partial charge in [-0.25, -0.2) is 4.79 Å². The lowest BCUT2D eigenvalue weighted by Crippen LogP contribution is -2.57. The molecular formula is C22H31N5O7. The summed E-state index contributed by atoms with van der Waals surface area (Å²) in [4.78, 5) is 62.4. The van der Waals surface area contributed by atoms with Gasteiger partial charge in [0.2, 0.25) is 23.6 Å². The number of hydrogen-bond acceptors (Lipinski definition) is 7. The van der Waals surface area contributed by atoms with E-state index >= 15 is 0 Å². The van der Waals surface area contributed by atoms with Gasteiger partial charge in [0.1, 0.15) is 24.2 Å². The number of carbonyl (C=O) groups excluding carboxylic acids is 4. The molecule has 0 spiro atoms. The van der Waals surface area contributed by atoms with Crippen LogP contribution in [0.3, 0.4) is 0 Å². The Bertz CT molecular complexity index is 895. The van der Waals surface area contributed by atoms with Gasteiger partial charge in [0.05, 0.1) is 6.61 Å². The first-order valence-electron chi connectivity index (χ1n) is 11.0. The number of aliphatic hydroxyl groups excluding tert-OH is 1. The van der Waals surface area contributed by atoms with Crippen LogP contribution in [0.2, 0.25) is 0 Å². The molecule has 2 rings (SSSR count). The van der Waals surface area contributed by atoms with E-state index in [-0.39, 0.29) is 25.8 Å². The molecule has 1 aromatic carbocycles. The minimum Gasteiger partial charge on any atom is -0.480 e. The summed E-state index contributed by atoms with van der Waals surface area (Å²) in [6, 6.07) is 4.10. The highest BCUT2D eigenvalue weighted by Gasteiger charge is 2.37. The van der Waals surface area contributed by atoms with Crippen LogP contribution in [0.5, 0.6) is 0 Å². The standard InChI is InChI=1S/C22H31N5O7/c23-14(12-28)21(32)27-10-4-7-17(27)20(31)25-15(8-9-18(24)29)19(30)26-16(22(33)34)11-13-5-2-1-3-6-13/h1-3,5-6,14-17,28H,4,7-12,23H2,(H2,24,29)(H,25,31)(H,26,30)(H,33,34). The van der Waals surface area contributed by atoms with Crippen molar-refractivity contribution in [2.75, 3.05) is 13.2 Å². The number of carboxylic acids is 1. The van der Waals surface area contributed by atoms with E-state index in [9.17, 15) is 29.1 Å². The van der Waals surface area contributed by atoms with Gasteiger partial charge in [0.25, 0.3) is 0 Å². The third-order valence-corrected chi connectivity index (χ3v) is 5.56. The predicted molar refractivity (Wildman–Crippen MR) is 120 cm³/mol. The van der Waals surface area contributed by atoms with Gasteiger partial charge in [0, 0.05) is 19.4 Å². The molecule has 4 atom stereocenters. The highest BCUT2D eigenvalue weighted by atomic mass is 16.4. The van der Waals surface area contributed by atoms with E-state index in [1.54, 1.807) is 30.3 Å². The maximum Gasteiger partial charge on any atom is 0.326 e. The summed E-state index contributed by atoms with van der Waals surface area (Å²) in [5, 5.41) is 23.6. The van der Waals surface area contributed by atoms with Crippen LogP contribution < -0.4 is 22.1 Å². The van der Waals surface area contributed by atoms with Crippen molar-refractivity contribution >= 4 is 29.6 Å². The van der Waals surface area contributed by atoms with E-state index in [0.29, 0.717) is 18.4 Å². The van der Waals surface area contributed by atoms with Crippen molar-refractivity contribution in [2.45, 2.75) is 56.3 Å². The Kier molecular flexibility index (Phi) is 9.95. The number of nitrogens with zero attached hydrogens (tertiary/aromatic N) is 1. The fourth-order valence-electron chi connectivity index (χ4n) is 3.74. The minimum atomic E-state index is -1.27. The van der Waals surface area contributed by atoms with Gasteiger partial charge in [0.15, 0.2) is 0 Å². The Morgan fingerprint density at radius 2 is 1.76 bits per heavy atom. The topological polar surface area (TPSA) is 205 Å². The maximum atomic E-state index is 12.9. The first-order chi connectivity index (χ1) is 16.1. The molecule has 8 N–H and O–H groups in total. The number of amides is 4. The number of aliphatic carboxylic acids is 1. The van der Waals surface area contributed by atoms with Crippen molar-refractivity contribution in [1.82, 2.24) is 15.5 Å². The Labute approximate surface area is 196 Å². The quantitative estimate of drug-likeness (QED) is 0.195. The number of likely N-dealkylation sites (tertiary alicyclic amines) is 1. The van der Waals surface area contributed by atoms with Gasteiger partial charge in [-0.2, -0.15) is 0 Å². The van der Waals surface area contributed by atoms with Crippen LogP contribution >= 0.6 is 0 Å². The van der Waals surface area contributed by atoms with E-state index < -0.39 is 60.4 Å². The monoisotopic (exact) mass is 477 g/mol. The number of carboxylic acid groups (broad SMARTS) is 1. The minimum absolute atomic E-state index is 0.0162. The fraction of sp³-hybridized carbons (Fsp3) is 0.500. The third kappa shape index (κ3) is 7.52. The predicted octanol–water partition coefficient (Wildman–Crippen LogP) is -2.14. The van der Waals surface area contributed by atoms with Crippen LogP contribution in [-0.4, -0.2) is 82.0 Å². The van der Waals surface area contributed by atoms with E-state index in [0.717, 1.165) is 0 Å². The Morgan fingerprint density at radius 1 is 1.09 bits per heavy atom. The molecule has 1 fully saturated rings. The molecule has 4 unspecified atom stereocenters. The molecule has 1 saturated heterocycles. The number of carbonyl (C=O) groups is 5. The number of rotatable bonds is 12. The Morgan fingerprint density at radius 3 is 2.35 bits per heavy atom. The molecule has 34 heavy (non-hydrogen) atoms. The molecule has 1 aromatic rings. The molecule has 1 aliphatic heterocycles. The average Bonchev–Trinajstić information content (AvgIpc) is 3.30. The summed E-state index contributed by atoms with van der Waals surface area (Å²) >= 11 is 0. The molecule has 186 valence electrons. The smallest absolute Gasteiger partial charge is 0.326 e. The zero-order valence-electron chi connectivity index (χ0n) is 18.7. The van der Waals surface area contributed by atoms with Crippen LogP contribution in [0.25, 0.3) is 0 Å². The lowest BCUT2D eigenvalue weighted by Gasteiger charge is -2.28. The molecule has 4 amide bonds. The lowest BCUT2D eigenvalue weighted by molar-refractivity contribution is -0.143. The summed E-state index contributed by atoms with van der Waals surface area (Å²) in [5.41, 5.74) is 11.5. The number of nitrogens with two attached hydrogens (primary N) is 2. The summed E-state index contributed by atoms with van der Waals surface area (Å²) in [6.07, 6.45) is 0.491. The molecule has 1 aliphatic rings. The number of benzene rings is 1. The molecule has 0 saturated carbocycles. The summed E-state index contributed by atoms with van der Waals surface area (Å²) in [7, 11) is 0. The zero-order chi connectivity index (χ0) is 25.3. The van der Waals surface area contributed by atoms with Crippen LogP contribution in [0.1, 0.15) is 31.2 Å². The van der Waals surface area contributed by atoms with Crippen molar-refractivity contribution in [2.24, 2.45) is 11.5 Å². The summed E-state index contributed by atoms with van der Waals surface area (Å²) in [6.45, 7) is -0.313. The molecule has 1 heterocycles. The van der Waals surface area contributed by atoms with E-state index in [4.69, 9.17) is 16.6 Å². The second-order valence-corrected chi connectivity index (χ2v) is 8.13. The number of aliphatic hydroxyl groups is 1. The molecule has 12 nitrogen and oxygen atoms in total. The number of nitrogens with one attached hydrogen (secondary N) is 2. The van der Waals surface area contributed by atoms with Crippen molar-refractivity contribution in [3.63, 3.8) is 0 Å². The van der Waals surface area contributed by atoms with E-state index in [1.807, 2.05) is 0 Å². The van der Waals surface area contributed by atoms with Crippen molar-refractivity contribution < 1.29 is 34.2 Å². The largest absolute Gasteiger partial charge is 0.480 e. The number of hydrogen-bond donors (Lipinski definition) is 6. The normalized spacial score (nSPS) is 17.9. The fourth-order valence-corrected chi connectivity index (χ4v) is 3.74. The van der Waals surface area contributed by atoms with Gasteiger partial charge in [-0.05, 0) is 24.8 Å². The highest BCUT2D eigenvalue weighted by molar-refractivity contribution is 5.94. The average molecular weight is 478 g/mol. The molecule has 0 radical (unpaired) electrons. The van der Waals surface area contributed by atoms with Crippen molar-refractivity contribution in [3.05, 3.63) is 35.9 Å². The van der Waals surface area contributed by atoms with Gasteiger partial charge in [-0.3, -0.25) is 19.2 Å². The van der Waals surface area contributed by atoms with E-state index in [2.05, 4.69) is 10.6 Å². The molecule has 0 aliphatic carbocycles. The van der Waals surface area contributed by atoms with Crippen LogP contribution in [0.4, 0.5) is 0 Å². The highest BCUT2D eigenvalue weighted by Crippen LogP contribution is 2.19. The summed E-state index contributed by atoms with van der Waals surface area (Å²) < 4.78 is 0. The van der Waals surface area contributed by atoms with Gasteiger partial charge < -0.3 is 37.2 Å². The second kappa shape index (κ2) is 12.7. The molecule has 0 aromatic heterocycles. The van der Waals surface area contributed by atoms with Gasteiger partial charge in [-0.15, -0.1) is 0 Å². The SMILES string of the molecule is NC(=O)CCC(NC(=O)C1CCCN1C(=O)C(N)CO)C(=O)NC(Cc1ccccc1)C(=O)O. The third-order valence-electron chi connectivity index (χ3n) is 5.56. The Hall–Kier alpha value is -3.51. The second-order valence-electron chi connectivity index (χ2n) is 8.13. The van der Waals surface area contributed by atoms with Crippen LogP contribution in [0, 0.1) is 0 Å². The lowest BCUT2D eigenvalue weighted by atomic mass is 10.0. The van der Waals surface area contributed by atoms with Crippen LogP contribution in [-0.2, 0) is 30.4 Å². The Balaban J connectivity index is 2.12. The molecular weight excluding hydrogens is 446 g/mol. The van der Waals surface area contributed by atoms with Crippen molar-refractivity contribution in [3.8, 4) is 0 Å². The first kappa shape index (κ1) is 26.7.